The number of rotatable bonds is 3. The molecule has 0 saturated heterocycles. The van der Waals surface area contributed by atoms with Gasteiger partial charge in [0.15, 0.2) is 0 Å². The number of nitrogens with zero attached hydrogens (tertiary/aromatic N) is 1. The van der Waals surface area contributed by atoms with Crippen molar-refractivity contribution in [3.63, 3.8) is 0 Å². The van der Waals surface area contributed by atoms with E-state index >= 15 is 0 Å². The molecule has 0 heterocycles. The van der Waals surface area contributed by atoms with Gasteiger partial charge in [0.1, 0.15) is 0 Å². The van der Waals surface area contributed by atoms with Crippen LogP contribution in [0.1, 0.15) is 13.8 Å². The van der Waals surface area contributed by atoms with Crippen molar-refractivity contribution in [1.82, 2.24) is 5.01 Å². The third kappa shape index (κ3) is 2.78. The molecule has 0 aliphatic carbocycles. The van der Waals surface area contributed by atoms with Crippen LogP contribution in [0.4, 0.5) is 5.69 Å². The number of benzene rings is 1. The molecule has 0 atom stereocenters. The average Bonchev–Trinajstić information content (AvgIpc) is 2.15. The maximum atomic E-state index is 11.0. The van der Waals surface area contributed by atoms with E-state index in [1.807, 2.05) is 37.3 Å². The summed E-state index contributed by atoms with van der Waals surface area (Å²) in [7, 11) is 0. The van der Waals surface area contributed by atoms with E-state index < -0.39 is 0 Å². The van der Waals surface area contributed by atoms with Crippen LogP contribution in [0.5, 0.6) is 0 Å². The summed E-state index contributed by atoms with van der Waals surface area (Å²) in [6, 6.07) is 9.64. The topological polar surface area (TPSA) is 32.3 Å². The highest BCUT2D eigenvalue weighted by Crippen LogP contribution is 2.06. The molecule has 3 heteroatoms. The van der Waals surface area contributed by atoms with Crippen molar-refractivity contribution in [2.75, 3.05) is 12.0 Å². The number of anilines is 1. The SMILES string of the molecule is CCN(Nc1ccccc1)C(C)=O. The number of hydrogen-bond acceptors (Lipinski definition) is 2. The normalized spacial score (nSPS) is 9.38. The molecule has 0 bridgehead atoms. The van der Waals surface area contributed by atoms with Gasteiger partial charge in [0, 0.05) is 13.5 Å². The number of hydrazine groups is 1. The Morgan fingerprint density at radius 2 is 2.00 bits per heavy atom. The highest BCUT2D eigenvalue weighted by atomic mass is 16.2. The molecule has 3 nitrogen and oxygen atoms in total. The molecule has 1 aromatic carbocycles. The molecule has 0 radical (unpaired) electrons. The van der Waals surface area contributed by atoms with Crippen LogP contribution in [0.3, 0.4) is 0 Å². The second-order valence-electron chi connectivity index (χ2n) is 2.74. The van der Waals surface area contributed by atoms with Crippen LogP contribution in [0.15, 0.2) is 30.3 Å². The Labute approximate surface area is 78.3 Å². The number of nitrogens with one attached hydrogen (secondary N) is 1. The predicted molar refractivity (Wildman–Crippen MR) is 53.1 cm³/mol. The van der Waals surface area contributed by atoms with E-state index in [2.05, 4.69) is 5.43 Å². The summed E-state index contributed by atoms with van der Waals surface area (Å²) < 4.78 is 0. The van der Waals surface area contributed by atoms with Crippen LogP contribution < -0.4 is 5.43 Å². The third-order valence-electron chi connectivity index (χ3n) is 1.73. The summed E-state index contributed by atoms with van der Waals surface area (Å²) in [5, 5.41) is 1.56. The van der Waals surface area contributed by atoms with Gasteiger partial charge in [-0.3, -0.25) is 15.2 Å². The van der Waals surface area contributed by atoms with Crippen LogP contribution in [-0.2, 0) is 4.79 Å². The van der Waals surface area contributed by atoms with Crippen molar-refractivity contribution < 1.29 is 4.79 Å². The minimum Gasteiger partial charge on any atom is -0.296 e. The van der Waals surface area contributed by atoms with E-state index in [-0.39, 0.29) is 5.91 Å². The number of para-hydroxylation sites is 1. The van der Waals surface area contributed by atoms with Gasteiger partial charge in [0.25, 0.3) is 0 Å². The monoisotopic (exact) mass is 178 g/mol. The van der Waals surface area contributed by atoms with Crippen LogP contribution in [0, 0.1) is 0 Å². The Kier molecular flexibility index (Phi) is 3.31. The van der Waals surface area contributed by atoms with Crippen molar-refractivity contribution in [2.45, 2.75) is 13.8 Å². The Morgan fingerprint density at radius 3 is 2.46 bits per heavy atom. The smallest absolute Gasteiger partial charge is 0.237 e. The second kappa shape index (κ2) is 4.50. The summed E-state index contributed by atoms with van der Waals surface area (Å²) in [4.78, 5) is 11.0. The lowest BCUT2D eigenvalue weighted by atomic mass is 10.3. The maximum absolute atomic E-state index is 11.0. The quantitative estimate of drug-likeness (QED) is 0.717. The van der Waals surface area contributed by atoms with Gasteiger partial charge in [-0.15, -0.1) is 0 Å². The van der Waals surface area contributed by atoms with Gasteiger partial charge in [0.05, 0.1) is 5.69 Å². The molecule has 70 valence electrons. The van der Waals surface area contributed by atoms with E-state index in [0.29, 0.717) is 6.54 Å². The number of amides is 1. The van der Waals surface area contributed by atoms with Gasteiger partial charge in [0.2, 0.25) is 5.91 Å². The van der Waals surface area contributed by atoms with Crippen molar-refractivity contribution >= 4 is 11.6 Å². The molecule has 0 aliphatic heterocycles. The highest BCUT2D eigenvalue weighted by Gasteiger charge is 2.03. The fourth-order valence-electron chi connectivity index (χ4n) is 1.05. The molecule has 0 aliphatic rings. The molecule has 1 N–H and O–H groups in total. The summed E-state index contributed by atoms with van der Waals surface area (Å²) in [6.07, 6.45) is 0. The van der Waals surface area contributed by atoms with Gasteiger partial charge >= 0.3 is 0 Å². The van der Waals surface area contributed by atoms with Gasteiger partial charge < -0.3 is 0 Å². The summed E-state index contributed by atoms with van der Waals surface area (Å²) in [5.41, 5.74) is 3.94. The first-order valence-corrected chi connectivity index (χ1v) is 4.34. The van der Waals surface area contributed by atoms with E-state index in [4.69, 9.17) is 0 Å². The molecule has 0 unspecified atom stereocenters. The van der Waals surface area contributed by atoms with Crippen molar-refractivity contribution in [2.24, 2.45) is 0 Å². The van der Waals surface area contributed by atoms with E-state index in [1.165, 1.54) is 0 Å². The van der Waals surface area contributed by atoms with Crippen LogP contribution >= 0.6 is 0 Å². The van der Waals surface area contributed by atoms with Gasteiger partial charge in [-0.05, 0) is 19.1 Å². The fourth-order valence-corrected chi connectivity index (χ4v) is 1.05. The Morgan fingerprint density at radius 1 is 1.38 bits per heavy atom. The van der Waals surface area contributed by atoms with Gasteiger partial charge in [-0.1, -0.05) is 18.2 Å². The van der Waals surface area contributed by atoms with Gasteiger partial charge in [-0.2, -0.15) is 0 Å². The summed E-state index contributed by atoms with van der Waals surface area (Å²) in [5.74, 6) is 0.0198. The maximum Gasteiger partial charge on any atom is 0.237 e. The fraction of sp³-hybridized carbons (Fsp3) is 0.300. The van der Waals surface area contributed by atoms with Crippen molar-refractivity contribution in [1.29, 1.82) is 0 Å². The Balaban J connectivity index is 2.62. The van der Waals surface area contributed by atoms with Crippen LogP contribution in [0.2, 0.25) is 0 Å². The highest BCUT2D eigenvalue weighted by molar-refractivity contribution is 5.74. The van der Waals surface area contributed by atoms with Crippen molar-refractivity contribution in [3.05, 3.63) is 30.3 Å². The second-order valence-corrected chi connectivity index (χ2v) is 2.74. The minimum atomic E-state index is 0.0198. The summed E-state index contributed by atoms with van der Waals surface area (Å²) in [6.45, 7) is 4.13. The first kappa shape index (κ1) is 9.58. The molecule has 1 amide bonds. The molecular formula is C10H14N2O. The molecule has 0 fully saturated rings. The molecule has 13 heavy (non-hydrogen) atoms. The van der Waals surface area contributed by atoms with E-state index in [1.54, 1.807) is 11.9 Å². The molecule has 0 saturated carbocycles. The minimum absolute atomic E-state index is 0.0198. The Bertz CT molecular complexity index is 272. The van der Waals surface area contributed by atoms with E-state index in [9.17, 15) is 4.79 Å². The van der Waals surface area contributed by atoms with E-state index in [0.717, 1.165) is 5.69 Å². The molecule has 1 rings (SSSR count). The standard InChI is InChI=1S/C10H14N2O/c1-3-12(9(2)13)11-10-7-5-4-6-8-10/h4-8,11H,3H2,1-2H3. The number of hydrogen-bond donors (Lipinski definition) is 1. The first-order chi connectivity index (χ1) is 6.24. The zero-order valence-corrected chi connectivity index (χ0v) is 7.95. The zero-order chi connectivity index (χ0) is 9.68. The number of carbonyl (C=O) groups is 1. The molecule has 0 spiro atoms. The molecule has 1 aromatic rings. The zero-order valence-electron chi connectivity index (χ0n) is 7.95. The molecule has 0 aromatic heterocycles. The lowest BCUT2D eigenvalue weighted by molar-refractivity contribution is -0.127. The summed E-state index contributed by atoms with van der Waals surface area (Å²) >= 11 is 0. The lowest BCUT2D eigenvalue weighted by Crippen LogP contribution is -2.33. The van der Waals surface area contributed by atoms with Gasteiger partial charge in [-0.25, -0.2) is 0 Å². The Hall–Kier alpha value is -1.51. The predicted octanol–water partition coefficient (Wildman–Crippen LogP) is 1.88. The lowest BCUT2D eigenvalue weighted by Gasteiger charge is -2.20. The largest absolute Gasteiger partial charge is 0.296 e. The van der Waals surface area contributed by atoms with Crippen molar-refractivity contribution in [3.8, 4) is 0 Å². The van der Waals surface area contributed by atoms with Crippen LogP contribution in [0.25, 0.3) is 0 Å². The average molecular weight is 178 g/mol. The molecular weight excluding hydrogens is 164 g/mol. The third-order valence-corrected chi connectivity index (χ3v) is 1.73. The first-order valence-electron chi connectivity index (χ1n) is 4.34. The number of carbonyl (C=O) groups excluding carboxylic acids is 1. The van der Waals surface area contributed by atoms with Crippen LogP contribution in [-0.4, -0.2) is 17.5 Å².